The van der Waals surface area contributed by atoms with Crippen LogP contribution < -0.4 is 10.5 Å². The first kappa shape index (κ1) is 23.2. The Morgan fingerprint density at radius 3 is 2.56 bits per heavy atom. The number of nitrogens with zero attached hydrogens (tertiary/aromatic N) is 3. The van der Waals surface area contributed by atoms with E-state index in [9.17, 15) is 9.90 Å². The predicted octanol–water partition coefficient (Wildman–Crippen LogP) is 4.01. The number of benzene rings is 2. The van der Waals surface area contributed by atoms with E-state index in [-0.39, 0.29) is 5.69 Å². The van der Waals surface area contributed by atoms with Crippen LogP contribution in [0, 0.1) is 0 Å². The lowest BCUT2D eigenvalue weighted by Crippen LogP contribution is -2.15. The molecule has 2 aromatic carbocycles. The summed E-state index contributed by atoms with van der Waals surface area (Å²) in [6.45, 7) is 0.845. The molecule has 0 saturated carbocycles. The Hall–Kier alpha value is -3.97. The number of aryl methyl sites for hydroxylation is 1. The van der Waals surface area contributed by atoms with Gasteiger partial charge in [-0.3, -0.25) is 9.78 Å². The minimum atomic E-state index is -0.575. The number of amides is 1. The topological polar surface area (TPSA) is 103 Å². The van der Waals surface area contributed by atoms with Crippen LogP contribution in [0.2, 0.25) is 0 Å². The molecule has 0 aliphatic rings. The molecule has 0 aliphatic carbocycles. The molecular formula is C27H28N4O3. The van der Waals surface area contributed by atoms with Crippen LogP contribution in [0.5, 0.6) is 5.75 Å². The van der Waals surface area contributed by atoms with Gasteiger partial charge in [0.2, 0.25) is 0 Å². The highest BCUT2D eigenvalue weighted by atomic mass is 16.5. The second-order valence-electron chi connectivity index (χ2n) is 8.17. The number of carbonyl (C=O) groups excluding carboxylic acids is 1. The molecule has 34 heavy (non-hydrogen) atoms. The van der Waals surface area contributed by atoms with Gasteiger partial charge < -0.3 is 20.1 Å². The second-order valence-corrected chi connectivity index (χ2v) is 8.17. The normalized spacial score (nSPS) is 11.8. The summed E-state index contributed by atoms with van der Waals surface area (Å²) in [6, 6.07) is 22.1. The zero-order chi connectivity index (χ0) is 23.8. The van der Waals surface area contributed by atoms with Crippen LogP contribution >= 0.6 is 0 Å². The van der Waals surface area contributed by atoms with Gasteiger partial charge >= 0.3 is 0 Å². The van der Waals surface area contributed by atoms with E-state index in [1.807, 2.05) is 36.4 Å². The Morgan fingerprint density at radius 1 is 1.03 bits per heavy atom. The van der Waals surface area contributed by atoms with Crippen molar-refractivity contribution in [3.05, 3.63) is 102 Å². The van der Waals surface area contributed by atoms with Gasteiger partial charge in [0.15, 0.2) is 0 Å². The fourth-order valence-corrected chi connectivity index (χ4v) is 3.77. The first-order valence-electron chi connectivity index (χ1n) is 11.3. The summed E-state index contributed by atoms with van der Waals surface area (Å²) in [6.07, 6.45) is 6.53. The molecule has 0 radical (unpaired) electrons. The van der Waals surface area contributed by atoms with Crippen LogP contribution in [-0.4, -0.2) is 31.7 Å². The van der Waals surface area contributed by atoms with Gasteiger partial charge in [0, 0.05) is 24.5 Å². The van der Waals surface area contributed by atoms with Crippen molar-refractivity contribution in [3.8, 4) is 17.0 Å². The fourth-order valence-electron chi connectivity index (χ4n) is 3.77. The Bertz CT molecular complexity index is 1210. The van der Waals surface area contributed by atoms with Crippen molar-refractivity contribution in [2.24, 2.45) is 5.73 Å². The highest BCUT2D eigenvalue weighted by Gasteiger charge is 2.10. The van der Waals surface area contributed by atoms with E-state index in [2.05, 4.69) is 40.3 Å². The van der Waals surface area contributed by atoms with Crippen molar-refractivity contribution in [1.29, 1.82) is 0 Å². The molecule has 1 unspecified atom stereocenters. The lowest BCUT2D eigenvalue weighted by Gasteiger charge is -2.14. The SMILES string of the molecule is NC(=O)c1cn(CC(O)CCCc2ccccc2OCc2ccc(-c3ccccn3)cc2)cn1. The first-order valence-corrected chi connectivity index (χ1v) is 11.3. The van der Waals surface area contributed by atoms with Gasteiger partial charge in [-0.1, -0.05) is 48.5 Å². The van der Waals surface area contributed by atoms with Crippen LogP contribution in [0.1, 0.15) is 34.5 Å². The zero-order valence-corrected chi connectivity index (χ0v) is 18.9. The van der Waals surface area contributed by atoms with Crippen LogP contribution in [0.25, 0.3) is 11.3 Å². The van der Waals surface area contributed by atoms with E-state index in [1.54, 1.807) is 17.0 Å². The average Bonchev–Trinajstić information content (AvgIpc) is 3.33. The van der Waals surface area contributed by atoms with Gasteiger partial charge in [0.05, 0.1) is 18.1 Å². The predicted molar refractivity (Wildman–Crippen MR) is 130 cm³/mol. The number of para-hydroxylation sites is 1. The summed E-state index contributed by atoms with van der Waals surface area (Å²) in [5.41, 5.74) is 9.63. The number of carbonyl (C=O) groups is 1. The minimum absolute atomic E-state index is 0.199. The van der Waals surface area contributed by atoms with E-state index in [0.717, 1.165) is 41.0 Å². The molecule has 1 amide bonds. The number of hydrogen-bond acceptors (Lipinski definition) is 5. The maximum atomic E-state index is 11.1. The molecule has 2 heterocycles. The lowest BCUT2D eigenvalue weighted by atomic mass is 10.0. The number of pyridine rings is 1. The standard InChI is InChI=1S/C27H28N4O3/c28-27(33)25-17-31(19-30-25)16-23(32)8-5-7-22-6-1-2-10-26(22)34-18-20-11-13-21(14-12-20)24-9-3-4-15-29-24/h1-4,6,9-15,17,19,23,32H,5,7-8,16,18H2,(H2,28,33). The number of nitrogens with two attached hydrogens (primary N) is 1. The van der Waals surface area contributed by atoms with Crippen molar-refractivity contribution in [2.75, 3.05) is 0 Å². The number of aromatic nitrogens is 3. The maximum absolute atomic E-state index is 11.1. The summed E-state index contributed by atoms with van der Waals surface area (Å²) in [7, 11) is 0. The average molecular weight is 457 g/mol. The Balaban J connectivity index is 1.27. The number of hydrogen-bond donors (Lipinski definition) is 2. The third kappa shape index (κ3) is 6.30. The highest BCUT2D eigenvalue weighted by Crippen LogP contribution is 2.23. The van der Waals surface area contributed by atoms with Crippen molar-refractivity contribution in [1.82, 2.24) is 14.5 Å². The summed E-state index contributed by atoms with van der Waals surface area (Å²) < 4.78 is 7.79. The number of rotatable bonds is 11. The lowest BCUT2D eigenvalue weighted by molar-refractivity contribution is 0.0995. The third-order valence-electron chi connectivity index (χ3n) is 5.57. The van der Waals surface area contributed by atoms with Crippen LogP contribution in [0.4, 0.5) is 0 Å². The van der Waals surface area contributed by atoms with Gasteiger partial charge in [-0.2, -0.15) is 0 Å². The number of ether oxygens (including phenoxy) is 1. The molecule has 0 bridgehead atoms. The summed E-state index contributed by atoms with van der Waals surface area (Å²) in [5.74, 6) is 0.278. The number of aliphatic hydroxyl groups excluding tert-OH is 1. The van der Waals surface area contributed by atoms with Gasteiger partial charge in [-0.25, -0.2) is 4.98 Å². The van der Waals surface area contributed by atoms with Crippen molar-refractivity contribution >= 4 is 5.91 Å². The van der Waals surface area contributed by atoms with E-state index in [4.69, 9.17) is 10.5 Å². The Labute approximate surface area is 198 Å². The third-order valence-corrected chi connectivity index (χ3v) is 5.57. The van der Waals surface area contributed by atoms with Gasteiger partial charge in [-0.15, -0.1) is 0 Å². The maximum Gasteiger partial charge on any atom is 0.268 e. The van der Waals surface area contributed by atoms with E-state index < -0.39 is 12.0 Å². The molecule has 0 saturated heterocycles. The van der Waals surface area contributed by atoms with Crippen LogP contribution in [0.15, 0.2) is 85.5 Å². The molecule has 7 heteroatoms. The molecule has 7 nitrogen and oxygen atoms in total. The number of primary amides is 1. The Kier molecular flexibility index (Phi) is 7.67. The quantitative estimate of drug-likeness (QED) is 0.355. The van der Waals surface area contributed by atoms with Gasteiger partial charge in [0.1, 0.15) is 18.1 Å². The van der Waals surface area contributed by atoms with Gasteiger partial charge in [0.25, 0.3) is 5.91 Å². The van der Waals surface area contributed by atoms with Crippen LogP contribution in [0.3, 0.4) is 0 Å². The van der Waals surface area contributed by atoms with Crippen molar-refractivity contribution in [3.63, 3.8) is 0 Å². The molecule has 2 aromatic heterocycles. The number of imidazole rings is 1. The minimum Gasteiger partial charge on any atom is -0.489 e. The van der Waals surface area contributed by atoms with Gasteiger partial charge in [-0.05, 0) is 48.6 Å². The molecule has 0 aliphatic heterocycles. The monoisotopic (exact) mass is 456 g/mol. The molecular weight excluding hydrogens is 428 g/mol. The van der Waals surface area contributed by atoms with Crippen molar-refractivity contribution < 1.29 is 14.6 Å². The molecule has 174 valence electrons. The second kappa shape index (κ2) is 11.2. The number of aliphatic hydroxyl groups is 1. The molecule has 0 fully saturated rings. The zero-order valence-electron chi connectivity index (χ0n) is 18.9. The van der Waals surface area contributed by atoms with Crippen molar-refractivity contribution in [2.45, 2.75) is 38.5 Å². The smallest absolute Gasteiger partial charge is 0.268 e. The van der Waals surface area contributed by atoms with Crippen LogP contribution in [-0.2, 0) is 19.6 Å². The molecule has 3 N–H and O–H groups in total. The molecule has 4 rings (SSSR count). The molecule has 4 aromatic rings. The highest BCUT2D eigenvalue weighted by molar-refractivity contribution is 5.90. The fraction of sp³-hybridized carbons (Fsp3) is 0.222. The molecule has 1 atom stereocenters. The van der Waals surface area contributed by atoms with E-state index in [0.29, 0.717) is 19.6 Å². The largest absolute Gasteiger partial charge is 0.489 e. The first-order chi connectivity index (χ1) is 16.6. The van der Waals surface area contributed by atoms with E-state index in [1.165, 1.54) is 6.33 Å². The summed E-state index contributed by atoms with van der Waals surface area (Å²) >= 11 is 0. The van der Waals surface area contributed by atoms with E-state index >= 15 is 0 Å². The Morgan fingerprint density at radius 2 is 1.82 bits per heavy atom. The summed E-state index contributed by atoms with van der Waals surface area (Å²) in [5, 5.41) is 10.4. The molecule has 0 spiro atoms. The summed E-state index contributed by atoms with van der Waals surface area (Å²) in [4.78, 5) is 19.5.